The number of benzene rings is 1. The lowest BCUT2D eigenvalue weighted by Gasteiger charge is -2.42. The Morgan fingerprint density at radius 1 is 1.24 bits per heavy atom. The quantitative estimate of drug-likeness (QED) is 0.439. The maximum absolute atomic E-state index is 14.5. The molecule has 5 rings (SSSR count). The molecule has 14 heteroatoms. The monoisotopic (exact) mass is 540 g/mol. The molecule has 37 heavy (non-hydrogen) atoms. The molecular formula is C23H21ClF4N6O3. The molecule has 1 fully saturated rings. The molecule has 2 amide bonds. The number of likely N-dealkylation sites (tertiary alicyclic amines) is 1. The Balaban J connectivity index is 1.38. The van der Waals surface area contributed by atoms with Crippen LogP contribution < -0.4 is 10.2 Å². The SMILES string of the molecule is O=C(CN1c2ccc(F)c(Cl)c2C2(CCN(C(=O)c3cc4cn[nH]c4cn3)CC2)C1O)NCC(F)(F)F. The van der Waals surface area contributed by atoms with Gasteiger partial charge in [-0.3, -0.25) is 14.7 Å². The fraction of sp³-hybridized carbons (Fsp3) is 0.391. The van der Waals surface area contributed by atoms with Crippen LogP contribution in [-0.2, 0) is 10.2 Å². The molecular weight excluding hydrogens is 520 g/mol. The first-order valence-electron chi connectivity index (χ1n) is 11.4. The van der Waals surface area contributed by atoms with Crippen LogP contribution in [0.25, 0.3) is 10.9 Å². The summed E-state index contributed by atoms with van der Waals surface area (Å²) in [5.74, 6) is -2.03. The van der Waals surface area contributed by atoms with Crippen molar-refractivity contribution in [3.05, 3.63) is 52.7 Å². The number of nitrogens with zero attached hydrogens (tertiary/aromatic N) is 4. The molecule has 1 aromatic carbocycles. The topological polar surface area (TPSA) is 114 Å². The second kappa shape index (κ2) is 9.14. The van der Waals surface area contributed by atoms with Gasteiger partial charge in [-0.1, -0.05) is 11.6 Å². The van der Waals surface area contributed by atoms with Crippen LogP contribution >= 0.6 is 11.6 Å². The normalized spacial score (nSPS) is 18.9. The van der Waals surface area contributed by atoms with Gasteiger partial charge in [0.15, 0.2) is 0 Å². The lowest BCUT2D eigenvalue weighted by atomic mass is 9.72. The Hall–Kier alpha value is -3.45. The van der Waals surface area contributed by atoms with Gasteiger partial charge in [-0.15, -0.1) is 0 Å². The highest BCUT2D eigenvalue weighted by Crippen LogP contribution is 2.53. The Bertz CT molecular complexity index is 1370. The number of halogens is 5. The molecule has 2 aromatic heterocycles. The van der Waals surface area contributed by atoms with E-state index in [0.717, 1.165) is 6.07 Å². The molecule has 1 spiro atoms. The number of H-pyrrole nitrogens is 1. The maximum Gasteiger partial charge on any atom is 0.405 e. The third-order valence-corrected chi connectivity index (χ3v) is 7.33. The average molecular weight is 541 g/mol. The molecule has 0 radical (unpaired) electrons. The highest BCUT2D eigenvalue weighted by molar-refractivity contribution is 6.32. The van der Waals surface area contributed by atoms with Crippen molar-refractivity contribution in [2.45, 2.75) is 30.7 Å². The number of hydrogen-bond donors (Lipinski definition) is 3. The molecule has 2 aliphatic rings. The summed E-state index contributed by atoms with van der Waals surface area (Å²) in [5.41, 5.74) is 0.278. The summed E-state index contributed by atoms with van der Waals surface area (Å²) in [7, 11) is 0. The predicted octanol–water partition coefficient (Wildman–Crippen LogP) is 2.74. The molecule has 0 aliphatic carbocycles. The number of piperidine rings is 1. The number of aliphatic hydroxyl groups excluding tert-OH is 1. The molecule has 3 N–H and O–H groups in total. The number of rotatable bonds is 4. The second-order valence-electron chi connectivity index (χ2n) is 9.12. The van der Waals surface area contributed by atoms with E-state index in [9.17, 15) is 32.3 Å². The Labute approximate surface area is 212 Å². The van der Waals surface area contributed by atoms with Crippen LogP contribution in [0.1, 0.15) is 28.9 Å². The van der Waals surface area contributed by atoms with Crippen molar-refractivity contribution in [3.63, 3.8) is 0 Å². The molecule has 196 valence electrons. The summed E-state index contributed by atoms with van der Waals surface area (Å²) in [6, 6.07) is 4.02. The van der Waals surface area contributed by atoms with E-state index in [1.165, 1.54) is 17.2 Å². The number of pyridine rings is 1. The van der Waals surface area contributed by atoms with Crippen molar-refractivity contribution >= 4 is 40.0 Å². The van der Waals surface area contributed by atoms with Crippen molar-refractivity contribution in [1.29, 1.82) is 0 Å². The lowest BCUT2D eigenvalue weighted by molar-refractivity contribution is -0.137. The lowest BCUT2D eigenvalue weighted by Crippen LogP contribution is -2.54. The van der Waals surface area contributed by atoms with E-state index in [1.54, 1.807) is 22.5 Å². The van der Waals surface area contributed by atoms with Crippen LogP contribution in [0.2, 0.25) is 5.02 Å². The fourth-order valence-electron chi connectivity index (χ4n) is 5.13. The van der Waals surface area contributed by atoms with Gasteiger partial charge in [0.05, 0.1) is 29.5 Å². The summed E-state index contributed by atoms with van der Waals surface area (Å²) in [5, 5.41) is 20.3. The molecule has 0 saturated carbocycles. The van der Waals surface area contributed by atoms with E-state index in [4.69, 9.17) is 11.6 Å². The molecule has 0 bridgehead atoms. The minimum atomic E-state index is -4.60. The third kappa shape index (κ3) is 4.46. The van der Waals surface area contributed by atoms with Crippen LogP contribution in [0.4, 0.5) is 23.2 Å². The van der Waals surface area contributed by atoms with Crippen LogP contribution in [0.3, 0.4) is 0 Å². The molecule has 1 saturated heterocycles. The Morgan fingerprint density at radius 3 is 2.68 bits per heavy atom. The number of fused-ring (bicyclic) bond motifs is 3. The number of aliphatic hydroxyl groups is 1. The van der Waals surface area contributed by atoms with Crippen molar-refractivity contribution in [2.75, 3.05) is 31.1 Å². The molecule has 9 nitrogen and oxygen atoms in total. The summed E-state index contributed by atoms with van der Waals surface area (Å²) in [6.07, 6.45) is -2.56. The largest absolute Gasteiger partial charge is 0.405 e. The highest BCUT2D eigenvalue weighted by Gasteiger charge is 2.54. The van der Waals surface area contributed by atoms with Gasteiger partial charge in [-0.2, -0.15) is 18.3 Å². The first-order chi connectivity index (χ1) is 17.5. The molecule has 1 unspecified atom stereocenters. The average Bonchev–Trinajstić information content (AvgIpc) is 3.42. The summed E-state index contributed by atoms with van der Waals surface area (Å²) >= 11 is 6.33. The van der Waals surface area contributed by atoms with Crippen molar-refractivity contribution in [2.24, 2.45) is 0 Å². The van der Waals surface area contributed by atoms with Gasteiger partial charge in [-0.25, -0.2) is 9.37 Å². The van der Waals surface area contributed by atoms with Crippen molar-refractivity contribution < 1.29 is 32.3 Å². The maximum atomic E-state index is 14.5. The minimum Gasteiger partial charge on any atom is -0.373 e. The van der Waals surface area contributed by atoms with Crippen LogP contribution in [0, 0.1) is 5.82 Å². The van der Waals surface area contributed by atoms with Gasteiger partial charge in [0.1, 0.15) is 24.3 Å². The van der Waals surface area contributed by atoms with Crippen molar-refractivity contribution in [1.82, 2.24) is 25.4 Å². The number of carbonyl (C=O) groups excluding carboxylic acids is 2. The fourth-order valence-corrected chi connectivity index (χ4v) is 5.48. The number of aromatic nitrogens is 3. The molecule has 4 heterocycles. The van der Waals surface area contributed by atoms with E-state index in [-0.39, 0.29) is 53.8 Å². The van der Waals surface area contributed by atoms with E-state index < -0.39 is 42.6 Å². The number of anilines is 1. The number of alkyl halides is 3. The van der Waals surface area contributed by atoms with E-state index in [0.29, 0.717) is 10.9 Å². The van der Waals surface area contributed by atoms with E-state index >= 15 is 0 Å². The number of nitrogens with one attached hydrogen (secondary N) is 2. The third-order valence-electron chi connectivity index (χ3n) is 6.96. The molecule has 3 aromatic rings. The van der Waals surface area contributed by atoms with Crippen LogP contribution in [0.15, 0.2) is 30.6 Å². The smallest absolute Gasteiger partial charge is 0.373 e. The van der Waals surface area contributed by atoms with Crippen LogP contribution in [0.5, 0.6) is 0 Å². The zero-order valence-corrected chi connectivity index (χ0v) is 19.9. The first-order valence-corrected chi connectivity index (χ1v) is 11.7. The van der Waals surface area contributed by atoms with Crippen molar-refractivity contribution in [3.8, 4) is 0 Å². The van der Waals surface area contributed by atoms with Gasteiger partial charge in [-0.05, 0) is 31.0 Å². The zero-order chi connectivity index (χ0) is 26.5. The number of carbonyl (C=O) groups is 2. The summed E-state index contributed by atoms with van der Waals surface area (Å²) < 4.78 is 52.1. The zero-order valence-electron chi connectivity index (χ0n) is 19.1. The van der Waals surface area contributed by atoms with Crippen LogP contribution in [-0.4, -0.2) is 75.6 Å². The minimum absolute atomic E-state index is 0.168. The van der Waals surface area contributed by atoms with Gasteiger partial charge in [0.25, 0.3) is 5.91 Å². The number of aromatic amines is 1. The van der Waals surface area contributed by atoms with Gasteiger partial charge < -0.3 is 20.2 Å². The molecule has 1 atom stereocenters. The Kier molecular flexibility index (Phi) is 6.23. The standard InChI is InChI=1S/C23H21ClF4N6O3/c24-19-13(25)1-2-16-18(19)22(21(37)34(16)10-17(35)30-11-23(26,27)28)3-5-33(6-4-22)20(36)14-7-12-8-31-32-15(12)9-29-14/h1-2,7-9,21,37H,3-6,10-11H2,(H,30,35)(H,31,32). The Morgan fingerprint density at radius 2 is 1.97 bits per heavy atom. The summed E-state index contributed by atoms with van der Waals surface area (Å²) in [6.45, 7) is -1.78. The van der Waals surface area contributed by atoms with E-state index in [2.05, 4.69) is 15.2 Å². The van der Waals surface area contributed by atoms with Gasteiger partial charge >= 0.3 is 6.18 Å². The molecule has 2 aliphatic heterocycles. The highest BCUT2D eigenvalue weighted by atomic mass is 35.5. The number of amides is 2. The van der Waals surface area contributed by atoms with Gasteiger partial charge in [0.2, 0.25) is 5.91 Å². The summed E-state index contributed by atoms with van der Waals surface area (Å²) in [4.78, 5) is 32.3. The number of hydrogen-bond acceptors (Lipinski definition) is 6. The second-order valence-corrected chi connectivity index (χ2v) is 9.50. The first kappa shape index (κ1) is 25.2. The van der Waals surface area contributed by atoms with E-state index in [1.807, 2.05) is 0 Å². The predicted molar refractivity (Wildman–Crippen MR) is 125 cm³/mol. The van der Waals surface area contributed by atoms with Gasteiger partial charge in [0, 0.05) is 35.1 Å².